The number of hydrogen-bond donors (Lipinski definition) is 2. The molecule has 1 aromatic rings. The summed E-state index contributed by atoms with van der Waals surface area (Å²) in [7, 11) is -3.59. The molecule has 0 unspecified atom stereocenters. The molecule has 5 nitrogen and oxygen atoms in total. The van der Waals surface area contributed by atoms with Crippen molar-refractivity contribution < 1.29 is 13.2 Å². The van der Waals surface area contributed by atoms with E-state index in [1.807, 2.05) is 27.7 Å². The second-order valence-electron chi connectivity index (χ2n) is 5.24. The quantitative estimate of drug-likeness (QED) is 0.754. The van der Waals surface area contributed by atoms with Gasteiger partial charge in [-0.25, -0.2) is 13.1 Å². The third-order valence-corrected chi connectivity index (χ3v) is 4.47. The number of hydrogen-bond acceptors (Lipinski definition) is 4. The third-order valence-electron chi connectivity index (χ3n) is 2.98. The first kappa shape index (κ1) is 16.9. The highest BCUT2D eigenvalue weighted by atomic mass is 32.2. The van der Waals surface area contributed by atoms with Crippen LogP contribution in [0.4, 0.5) is 5.69 Å². The van der Waals surface area contributed by atoms with Gasteiger partial charge in [0.2, 0.25) is 10.0 Å². The lowest BCUT2D eigenvalue weighted by Gasteiger charge is -2.25. The Balaban J connectivity index is 2.97. The second kappa shape index (κ2) is 6.56. The van der Waals surface area contributed by atoms with Gasteiger partial charge in [-0.1, -0.05) is 13.0 Å². The van der Waals surface area contributed by atoms with Gasteiger partial charge in [-0.2, -0.15) is 0 Å². The average Bonchev–Trinajstić information content (AvgIpc) is 2.37. The Morgan fingerprint density at radius 1 is 1.30 bits per heavy atom. The predicted octanol–water partition coefficient (Wildman–Crippen LogP) is 1.92. The SMILES string of the molecule is CCOC(C)(C)CNS(=O)(=O)c1cc(N)ccc1CC. The molecule has 1 rings (SSSR count). The van der Waals surface area contributed by atoms with Crippen molar-refractivity contribution in [1.82, 2.24) is 4.72 Å². The number of sulfonamides is 1. The molecule has 6 heteroatoms. The van der Waals surface area contributed by atoms with Crippen molar-refractivity contribution in [3.8, 4) is 0 Å². The number of nitrogens with two attached hydrogens (primary N) is 1. The minimum atomic E-state index is -3.59. The first-order valence-electron chi connectivity index (χ1n) is 6.74. The molecule has 0 aliphatic rings. The topological polar surface area (TPSA) is 81.4 Å². The van der Waals surface area contributed by atoms with E-state index in [0.29, 0.717) is 18.7 Å². The van der Waals surface area contributed by atoms with Gasteiger partial charge in [-0.05, 0) is 44.9 Å². The van der Waals surface area contributed by atoms with Gasteiger partial charge >= 0.3 is 0 Å². The Morgan fingerprint density at radius 3 is 2.50 bits per heavy atom. The minimum Gasteiger partial charge on any atom is -0.399 e. The van der Waals surface area contributed by atoms with Crippen LogP contribution in [0.3, 0.4) is 0 Å². The first-order valence-corrected chi connectivity index (χ1v) is 8.22. The largest absolute Gasteiger partial charge is 0.399 e. The highest BCUT2D eigenvalue weighted by molar-refractivity contribution is 7.89. The molecule has 114 valence electrons. The van der Waals surface area contributed by atoms with Gasteiger partial charge in [-0.3, -0.25) is 0 Å². The molecule has 0 bridgehead atoms. The molecule has 0 amide bonds. The molecule has 0 atom stereocenters. The Hall–Kier alpha value is -1.11. The van der Waals surface area contributed by atoms with Crippen molar-refractivity contribution in [1.29, 1.82) is 0 Å². The highest BCUT2D eigenvalue weighted by Gasteiger charge is 2.24. The van der Waals surface area contributed by atoms with Crippen LogP contribution in [-0.2, 0) is 21.2 Å². The number of aryl methyl sites for hydroxylation is 1. The van der Waals surface area contributed by atoms with E-state index in [2.05, 4.69) is 4.72 Å². The number of nitrogens with one attached hydrogen (secondary N) is 1. The van der Waals surface area contributed by atoms with Gasteiger partial charge in [0.15, 0.2) is 0 Å². The van der Waals surface area contributed by atoms with Crippen molar-refractivity contribution in [2.75, 3.05) is 18.9 Å². The molecule has 0 heterocycles. The summed E-state index contributed by atoms with van der Waals surface area (Å²) in [5.74, 6) is 0. The molecular formula is C14H24N2O3S. The minimum absolute atomic E-state index is 0.209. The van der Waals surface area contributed by atoms with Crippen LogP contribution in [-0.4, -0.2) is 27.2 Å². The summed E-state index contributed by atoms with van der Waals surface area (Å²) in [4.78, 5) is 0.243. The van der Waals surface area contributed by atoms with E-state index in [1.54, 1.807) is 12.1 Å². The smallest absolute Gasteiger partial charge is 0.241 e. The monoisotopic (exact) mass is 300 g/mol. The van der Waals surface area contributed by atoms with Gasteiger partial charge in [0, 0.05) is 18.8 Å². The standard InChI is InChI=1S/C14H24N2O3S/c1-5-11-7-8-12(15)9-13(11)20(17,18)16-10-14(3,4)19-6-2/h7-9,16H,5-6,10,15H2,1-4H3. The maximum Gasteiger partial charge on any atom is 0.241 e. The molecule has 0 spiro atoms. The van der Waals surface area contributed by atoms with Gasteiger partial charge in [0.1, 0.15) is 0 Å². The van der Waals surface area contributed by atoms with Crippen LogP contribution < -0.4 is 10.5 Å². The third kappa shape index (κ3) is 4.47. The summed E-state index contributed by atoms with van der Waals surface area (Å²) in [6, 6.07) is 4.95. The molecule has 1 aromatic carbocycles. The van der Waals surface area contributed by atoms with Gasteiger partial charge in [-0.15, -0.1) is 0 Å². The Kier molecular flexibility index (Phi) is 5.56. The molecule has 0 saturated heterocycles. The van der Waals surface area contributed by atoms with Crippen LogP contribution in [0.2, 0.25) is 0 Å². The van der Waals surface area contributed by atoms with Crippen LogP contribution in [0.15, 0.2) is 23.1 Å². The van der Waals surface area contributed by atoms with Crippen LogP contribution >= 0.6 is 0 Å². The van der Waals surface area contributed by atoms with E-state index < -0.39 is 15.6 Å². The second-order valence-corrected chi connectivity index (χ2v) is 6.97. The fourth-order valence-electron chi connectivity index (χ4n) is 1.90. The summed E-state index contributed by atoms with van der Waals surface area (Å²) in [6.45, 7) is 8.23. The molecule has 0 saturated carbocycles. The zero-order valence-electron chi connectivity index (χ0n) is 12.6. The fraction of sp³-hybridized carbons (Fsp3) is 0.571. The van der Waals surface area contributed by atoms with Crippen LogP contribution in [0.1, 0.15) is 33.3 Å². The Morgan fingerprint density at radius 2 is 1.95 bits per heavy atom. The van der Waals surface area contributed by atoms with Crippen molar-refractivity contribution in [2.24, 2.45) is 0 Å². The maximum absolute atomic E-state index is 12.4. The molecule has 0 fully saturated rings. The lowest BCUT2D eigenvalue weighted by Crippen LogP contribution is -2.40. The summed E-state index contributed by atoms with van der Waals surface area (Å²) < 4.78 is 32.9. The predicted molar refractivity (Wildman–Crippen MR) is 81.1 cm³/mol. The number of benzene rings is 1. The number of nitrogen functional groups attached to an aromatic ring is 1. The molecule has 0 radical (unpaired) electrons. The van der Waals surface area contributed by atoms with E-state index in [1.165, 1.54) is 6.07 Å². The maximum atomic E-state index is 12.4. The molecule has 20 heavy (non-hydrogen) atoms. The van der Waals surface area contributed by atoms with Crippen molar-refractivity contribution >= 4 is 15.7 Å². The lowest BCUT2D eigenvalue weighted by atomic mass is 10.1. The lowest BCUT2D eigenvalue weighted by molar-refractivity contribution is -0.00515. The van der Waals surface area contributed by atoms with E-state index in [0.717, 1.165) is 5.56 Å². The number of rotatable bonds is 7. The summed E-state index contributed by atoms with van der Waals surface area (Å²) in [5, 5.41) is 0. The molecule has 0 aliphatic heterocycles. The van der Waals surface area contributed by atoms with Crippen molar-refractivity contribution in [3.05, 3.63) is 23.8 Å². The molecule has 3 N–H and O–H groups in total. The van der Waals surface area contributed by atoms with Crippen molar-refractivity contribution in [2.45, 2.75) is 44.6 Å². The summed E-state index contributed by atoms with van der Waals surface area (Å²) >= 11 is 0. The first-order chi connectivity index (χ1) is 9.22. The molecular weight excluding hydrogens is 276 g/mol. The summed E-state index contributed by atoms with van der Waals surface area (Å²) in [6.07, 6.45) is 0.630. The van der Waals surface area contributed by atoms with Gasteiger partial charge in [0.25, 0.3) is 0 Å². The van der Waals surface area contributed by atoms with Crippen molar-refractivity contribution in [3.63, 3.8) is 0 Å². The van der Waals surface area contributed by atoms with Gasteiger partial charge in [0.05, 0.1) is 10.5 Å². The van der Waals surface area contributed by atoms with Crippen LogP contribution in [0.25, 0.3) is 0 Å². The van der Waals surface area contributed by atoms with Crippen LogP contribution in [0.5, 0.6) is 0 Å². The molecule has 0 aromatic heterocycles. The van der Waals surface area contributed by atoms with E-state index in [-0.39, 0.29) is 11.4 Å². The van der Waals surface area contributed by atoms with E-state index >= 15 is 0 Å². The highest BCUT2D eigenvalue weighted by Crippen LogP contribution is 2.20. The Labute approximate surface area is 121 Å². The van der Waals surface area contributed by atoms with E-state index in [9.17, 15) is 8.42 Å². The zero-order chi connectivity index (χ0) is 15.4. The van der Waals surface area contributed by atoms with Crippen LogP contribution in [0, 0.1) is 0 Å². The summed E-state index contributed by atoms with van der Waals surface area (Å²) in [5.41, 5.74) is 6.33. The Bertz CT molecular complexity index is 554. The number of ether oxygens (including phenoxy) is 1. The number of anilines is 1. The normalized spacial score (nSPS) is 12.6. The van der Waals surface area contributed by atoms with E-state index in [4.69, 9.17) is 10.5 Å². The average molecular weight is 300 g/mol. The molecule has 0 aliphatic carbocycles. The fourth-order valence-corrected chi connectivity index (χ4v) is 3.44. The zero-order valence-corrected chi connectivity index (χ0v) is 13.4. The van der Waals surface area contributed by atoms with Gasteiger partial charge < -0.3 is 10.5 Å².